The van der Waals surface area contributed by atoms with Crippen LogP contribution < -0.4 is 4.74 Å². The van der Waals surface area contributed by atoms with E-state index in [-0.39, 0.29) is 36.6 Å². The third kappa shape index (κ3) is 5.00. The number of nitrogens with zero attached hydrogens (tertiary/aromatic N) is 3. The van der Waals surface area contributed by atoms with Crippen molar-refractivity contribution >= 4 is 10.9 Å². The molecule has 2 aliphatic rings. The number of allylic oxidation sites excluding steroid dienone is 1. The Morgan fingerprint density at radius 1 is 1.24 bits per heavy atom. The molecule has 3 heterocycles. The molecule has 0 unspecified atom stereocenters. The van der Waals surface area contributed by atoms with Crippen LogP contribution in [0.3, 0.4) is 0 Å². The van der Waals surface area contributed by atoms with Crippen LogP contribution in [0.2, 0.25) is 0 Å². The zero-order valence-electron chi connectivity index (χ0n) is 21.7. The number of hydrogen-bond donors (Lipinski definition) is 1. The number of alkyl halides is 1. The van der Waals surface area contributed by atoms with Gasteiger partial charge in [0.15, 0.2) is 0 Å². The van der Waals surface area contributed by atoms with Gasteiger partial charge in [-0.2, -0.15) is 5.26 Å². The molecule has 5 nitrogen and oxygen atoms in total. The molecule has 1 saturated heterocycles. The maximum absolute atomic E-state index is 15.9. The fourth-order valence-corrected chi connectivity index (χ4v) is 6.03. The SMILES string of the molecule is C=C(CCC#N)N1[C@@H](c2c(F)cc(O[C@@H]3CCN(CCCF)C3)cc2F)c2[nH]c3ccccc3c2C[C@@H]1C. The maximum Gasteiger partial charge on any atom is 0.135 e. The molecule has 200 valence electrons. The number of H-pyrrole nitrogens is 1. The van der Waals surface area contributed by atoms with Crippen molar-refractivity contribution in [3.63, 3.8) is 0 Å². The van der Waals surface area contributed by atoms with Gasteiger partial charge in [0.25, 0.3) is 0 Å². The van der Waals surface area contributed by atoms with Gasteiger partial charge in [-0.15, -0.1) is 0 Å². The van der Waals surface area contributed by atoms with E-state index >= 15 is 8.78 Å². The summed E-state index contributed by atoms with van der Waals surface area (Å²) >= 11 is 0. The van der Waals surface area contributed by atoms with Gasteiger partial charge in [-0.3, -0.25) is 9.29 Å². The van der Waals surface area contributed by atoms with Gasteiger partial charge in [0.1, 0.15) is 29.5 Å². The molecule has 0 bridgehead atoms. The van der Waals surface area contributed by atoms with Gasteiger partial charge in [0, 0.05) is 66.5 Å². The Bertz CT molecular complexity index is 1340. The highest BCUT2D eigenvalue weighted by atomic mass is 19.1. The predicted molar refractivity (Wildman–Crippen MR) is 142 cm³/mol. The molecule has 0 aliphatic carbocycles. The second kappa shape index (κ2) is 11.1. The number of para-hydroxylation sites is 1. The number of rotatable bonds is 9. The molecular formula is C30H33F3N4O. The zero-order chi connectivity index (χ0) is 26.8. The third-order valence-corrected chi connectivity index (χ3v) is 7.73. The minimum absolute atomic E-state index is 0.0641. The average molecular weight is 523 g/mol. The predicted octanol–water partition coefficient (Wildman–Crippen LogP) is 6.41. The summed E-state index contributed by atoms with van der Waals surface area (Å²) in [7, 11) is 0. The monoisotopic (exact) mass is 522 g/mol. The van der Waals surface area contributed by atoms with Crippen molar-refractivity contribution in [3.8, 4) is 11.8 Å². The largest absolute Gasteiger partial charge is 0.489 e. The van der Waals surface area contributed by atoms with E-state index in [9.17, 15) is 4.39 Å². The lowest BCUT2D eigenvalue weighted by Crippen LogP contribution is -2.42. The minimum Gasteiger partial charge on any atom is -0.489 e. The van der Waals surface area contributed by atoms with Gasteiger partial charge in [0.05, 0.1) is 18.3 Å². The number of nitrogens with one attached hydrogen (secondary N) is 1. The molecule has 0 amide bonds. The van der Waals surface area contributed by atoms with Gasteiger partial charge in [-0.1, -0.05) is 24.8 Å². The fourth-order valence-electron chi connectivity index (χ4n) is 6.03. The van der Waals surface area contributed by atoms with Crippen LogP contribution in [0, 0.1) is 23.0 Å². The molecule has 38 heavy (non-hydrogen) atoms. The van der Waals surface area contributed by atoms with E-state index in [2.05, 4.69) is 22.5 Å². The van der Waals surface area contributed by atoms with E-state index in [1.54, 1.807) is 0 Å². The summed E-state index contributed by atoms with van der Waals surface area (Å²) in [4.78, 5) is 7.49. The van der Waals surface area contributed by atoms with Gasteiger partial charge >= 0.3 is 0 Å². The summed E-state index contributed by atoms with van der Waals surface area (Å²) in [5.74, 6) is -1.22. The summed E-state index contributed by atoms with van der Waals surface area (Å²) < 4.78 is 50.3. The van der Waals surface area contributed by atoms with Crippen LogP contribution in [-0.2, 0) is 6.42 Å². The van der Waals surface area contributed by atoms with Crippen molar-refractivity contribution in [1.29, 1.82) is 5.26 Å². The Morgan fingerprint density at radius 3 is 2.74 bits per heavy atom. The zero-order valence-corrected chi connectivity index (χ0v) is 21.7. The number of fused-ring (bicyclic) bond motifs is 3. The standard InChI is InChI=1S/C30H33F3N4O/c1-19(7-5-12-34)37-20(2)15-24-23-8-3-4-9-27(23)35-29(24)30(37)28-25(32)16-22(17-26(28)33)38-21-10-14-36(18-21)13-6-11-31/h3-4,8-9,16-17,20-21,30,35H,1,5-7,10-11,13-15,18H2,2H3/t20-,21+,30-/m0/s1. The normalized spacial score (nSPS) is 21.4. The molecule has 3 aromatic rings. The van der Waals surface area contributed by atoms with Gasteiger partial charge < -0.3 is 14.6 Å². The lowest BCUT2D eigenvalue weighted by atomic mass is 9.87. The van der Waals surface area contributed by atoms with Crippen LogP contribution in [-0.4, -0.2) is 53.2 Å². The topological polar surface area (TPSA) is 55.3 Å². The molecule has 8 heteroatoms. The molecule has 2 aromatic carbocycles. The van der Waals surface area contributed by atoms with E-state index in [1.165, 1.54) is 12.1 Å². The van der Waals surface area contributed by atoms with Crippen molar-refractivity contribution in [2.24, 2.45) is 0 Å². The fraction of sp³-hybridized carbons (Fsp3) is 0.433. The molecule has 1 fully saturated rings. The molecule has 0 spiro atoms. The quantitative estimate of drug-likeness (QED) is 0.353. The Kier molecular flexibility index (Phi) is 7.66. The van der Waals surface area contributed by atoms with Crippen LogP contribution in [0.25, 0.3) is 10.9 Å². The summed E-state index contributed by atoms with van der Waals surface area (Å²) in [5.41, 5.74) is 3.31. The molecule has 0 radical (unpaired) electrons. The third-order valence-electron chi connectivity index (χ3n) is 7.73. The summed E-state index contributed by atoms with van der Waals surface area (Å²) in [6, 6.07) is 11.7. The molecule has 0 saturated carbocycles. The molecular weight excluding hydrogens is 489 g/mol. The van der Waals surface area contributed by atoms with Crippen LogP contribution in [0.5, 0.6) is 5.75 Å². The van der Waals surface area contributed by atoms with Gasteiger partial charge in [0.2, 0.25) is 0 Å². The molecule has 1 aromatic heterocycles. The maximum atomic E-state index is 15.9. The van der Waals surface area contributed by atoms with Crippen molar-refractivity contribution in [1.82, 2.24) is 14.8 Å². The van der Waals surface area contributed by atoms with Crippen molar-refractivity contribution in [3.05, 3.63) is 77.1 Å². The van der Waals surface area contributed by atoms with E-state index in [4.69, 9.17) is 10.00 Å². The molecule has 2 aliphatic heterocycles. The lowest BCUT2D eigenvalue weighted by molar-refractivity contribution is 0.185. The van der Waals surface area contributed by atoms with Gasteiger partial charge in [-0.25, -0.2) is 8.78 Å². The van der Waals surface area contributed by atoms with Crippen molar-refractivity contribution in [2.45, 2.75) is 57.2 Å². The number of halogens is 3. The van der Waals surface area contributed by atoms with E-state index in [1.807, 2.05) is 36.1 Å². The second-order valence-electron chi connectivity index (χ2n) is 10.3. The molecule has 1 N–H and O–H groups in total. The van der Waals surface area contributed by atoms with Crippen LogP contribution in [0.4, 0.5) is 13.2 Å². The number of benzene rings is 2. The second-order valence-corrected chi connectivity index (χ2v) is 10.3. The Morgan fingerprint density at radius 2 is 2.00 bits per heavy atom. The number of likely N-dealkylation sites (tertiary alicyclic amines) is 1. The highest BCUT2D eigenvalue weighted by Gasteiger charge is 2.39. The Balaban J connectivity index is 1.51. The van der Waals surface area contributed by atoms with E-state index in [0.717, 1.165) is 35.1 Å². The first-order chi connectivity index (χ1) is 18.4. The van der Waals surface area contributed by atoms with Crippen LogP contribution >= 0.6 is 0 Å². The smallest absolute Gasteiger partial charge is 0.135 e. The minimum atomic E-state index is -0.760. The summed E-state index contributed by atoms with van der Waals surface area (Å²) in [6.45, 7) is 7.90. The number of aromatic amines is 1. The Hall–Kier alpha value is -3.44. The first kappa shape index (κ1) is 26.2. The number of aromatic nitrogens is 1. The van der Waals surface area contributed by atoms with Gasteiger partial charge in [-0.05, 0) is 44.2 Å². The first-order valence-electron chi connectivity index (χ1n) is 13.3. The number of ether oxygens (including phenoxy) is 1. The highest BCUT2D eigenvalue weighted by molar-refractivity contribution is 5.85. The summed E-state index contributed by atoms with van der Waals surface area (Å²) in [6.07, 6.45) is 2.37. The molecule has 3 atom stereocenters. The summed E-state index contributed by atoms with van der Waals surface area (Å²) in [5, 5.41) is 10.2. The highest BCUT2D eigenvalue weighted by Crippen LogP contribution is 2.45. The average Bonchev–Trinajstić information content (AvgIpc) is 3.49. The van der Waals surface area contributed by atoms with Crippen molar-refractivity contribution in [2.75, 3.05) is 26.3 Å². The lowest BCUT2D eigenvalue weighted by Gasteiger charge is -2.43. The molecule has 5 rings (SSSR count). The number of nitriles is 1. The van der Waals surface area contributed by atoms with E-state index in [0.29, 0.717) is 38.0 Å². The van der Waals surface area contributed by atoms with Crippen LogP contribution in [0.15, 0.2) is 48.7 Å². The number of hydrogen-bond acceptors (Lipinski definition) is 4. The van der Waals surface area contributed by atoms with Crippen LogP contribution in [0.1, 0.15) is 55.5 Å². The Labute approximate surface area is 221 Å². The van der Waals surface area contributed by atoms with E-state index < -0.39 is 17.7 Å². The van der Waals surface area contributed by atoms with Crippen molar-refractivity contribution < 1.29 is 17.9 Å². The first-order valence-corrected chi connectivity index (χ1v) is 13.3.